The van der Waals surface area contributed by atoms with Gasteiger partial charge in [-0.2, -0.15) is 0 Å². The van der Waals surface area contributed by atoms with Gasteiger partial charge in [0.1, 0.15) is 5.82 Å². The fourth-order valence-corrected chi connectivity index (χ4v) is 3.22. The number of amides is 3. The summed E-state index contributed by atoms with van der Waals surface area (Å²) in [5, 5.41) is 8.00. The Bertz CT molecular complexity index is 911. The van der Waals surface area contributed by atoms with Crippen molar-refractivity contribution in [3.05, 3.63) is 83.7 Å². The summed E-state index contributed by atoms with van der Waals surface area (Å²) in [5.74, 6) is -2.32. The van der Waals surface area contributed by atoms with E-state index in [4.69, 9.17) is 0 Å². The molecule has 2 aromatic carbocycles. The second-order valence-corrected chi connectivity index (χ2v) is 6.48. The maximum atomic E-state index is 12.9. The molecule has 0 fully saturated rings. The Kier molecular flexibility index (Phi) is 5.84. The van der Waals surface area contributed by atoms with Gasteiger partial charge in [-0.1, -0.05) is 43.0 Å². The van der Waals surface area contributed by atoms with E-state index in [-0.39, 0.29) is 18.3 Å². The molecule has 144 valence electrons. The van der Waals surface area contributed by atoms with Crippen LogP contribution >= 0.6 is 0 Å². The summed E-state index contributed by atoms with van der Waals surface area (Å²) in [6, 6.07) is 12.3. The zero-order chi connectivity index (χ0) is 20.1. The molecule has 2 atom stereocenters. The van der Waals surface area contributed by atoms with Crippen LogP contribution in [0.25, 0.3) is 0 Å². The highest BCUT2D eigenvalue weighted by atomic mass is 19.1. The lowest BCUT2D eigenvalue weighted by Gasteiger charge is -2.22. The maximum Gasteiger partial charge on any atom is 0.309 e. The average molecular weight is 381 g/mol. The van der Waals surface area contributed by atoms with Crippen molar-refractivity contribution in [2.75, 3.05) is 0 Å². The number of halogens is 1. The topological polar surface area (TPSA) is 87.3 Å². The monoisotopic (exact) mass is 381 g/mol. The van der Waals surface area contributed by atoms with Crippen molar-refractivity contribution in [2.45, 2.75) is 25.0 Å². The zero-order valence-electron chi connectivity index (χ0n) is 15.1. The Balaban J connectivity index is 1.63. The molecule has 28 heavy (non-hydrogen) atoms. The second-order valence-electron chi connectivity index (χ2n) is 6.48. The first-order valence-corrected chi connectivity index (χ1v) is 8.82. The van der Waals surface area contributed by atoms with Crippen molar-refractivity contribution in [3.63, 3.8) is 0 Å². The van der Waals surface area contributed by atoms with Crippen LogP contribution in [0.2, 0.25) is 0 Å². The lowest BCUT2D eigenvalue weighted by atomic mass is 10.1. The summed E-state index contributed by atoms with van der Waals surface area (Å²) >= 11 is 0. The number of rotatable bonds is 5. The summed E-state index contributed by atoms with van der Waals surface area (Å²) in [5.41, 5.74) is 2.57. The van der Waals surface area contributed by atoms with Crippen molar-refractivity contribution in [3.8, 4) is 0 Å². The van der Waals surface area contributed by atoms with Crippen LogP contribution in [-0.2, 0) is 27.3 Å². The van der Waals surface area contributed by atoms with E-state index in [1.165, 1.54) is 24.3 Å². The minimum Gasteiger partial charge on any atom is -0.344 e. The largest absolute Gasteiger partial charge is 0.344 e. The van der Waals surface area contributed by atoms with Gasteiger partial charge >= 0.3 is 11.8 Å². The maximum absolute atomic E-state index is 12.9. The third-order valence-corrected chi connectivity index (χ3v) is 4.60. The predicted molar refractivity (Wildman–Crippen MR) is 101 cm³/mol. The molecule has 0 heterocycles. The molecule has 1 aliphatic rings. The lowest BCUT2D eigenvalue weighted by molar-refractivity contribution is -0.139. The molecule has 2 aromatic rings. The first-order chi connectivity index (χ1) is 13.5. The van der Waals surface area contributed by atoms with Gasteiger partial charge in [0.25, 0.3) is 0 Å². The smallest absolute Gasteiger partial charge is 0.309 e. The van der Waals surface area contributed by atoms with Crippen molar-refractivity contribution >= 4 is 17.7 Å². The quantitative estimate of drug-likeness (QED) is 0.542. The first-order valence-electron chi connectivity index (χ1n) is 8.82. The minimum atomic E-state index is -0.797. The first kappa shape index (κ1) is 19.3. The van der Waals surface area contributed by atoms with Crippen LogP contribution in [0, 0.1) is 5.82 Å². The van der Waals surface area contributed by atoms with E-state index in [0.717, 1.165) is 17.2 Å². The van der Waals surface area contributed by atoms with Gasteiger partial charge in [0.15, 0.2) is 0 Å². The summed E-state index contributed by atoms with van der Waals surface area (Å²) in [6.07, 6.45) is 1.66. The SMILES string of the molecule is C=CC(=O)N[C@@H]1c2ccccc2C[C@H]1NC(=O)C(=O)NCc1ccc(F)cc1. The van der Waals surface area contributed by atoms with E-state index >= 15 is 0 Å². The van der Waals surface area contributed by atoms with Crippen molar-refractivity contribution < 1.29 is 18.8 Å². The lowest BCUT2D eigenvalue weighted by Crippen LogP contribution is -2.49. The molecule has 0 spiro atoms. The summed E-state index contributed by atoms with van der Waals surface area (Å²) in [4.78, 5) is 36.2. The molecule has 7 heteroatoms. The Morgan fingerprint density at radius 2 is 1.75 bits per heavy atom. The molecule has 3 rings (SSSR count). The molecule has 3 N–H and O–H groups in total. The van der Waals surface area contributed by atoms with Crippen LogP contribution in [0.1, 0.15) is 22.7 Å². The van der Waals surface area contributed by atoms with Gasteiger partial charge in [-0.05, 0) is 41.3 Å². The zero-order valence-corrected chi connectivity index (χ0v) is 15.1. The molecule has 1 aliphatic carbocycles. The van der Waals surface area contributed by atoms with Gasteiger partial charge in [-0.3, -0.25) is 14.4 Å². The molecule has 0 radical (unpaired) electrons. The fraction of sp³-hybridized carbons (Fsp3) is 0.190. The standard InChI is InChI=1S/C21H20FN3O3/c1-2-18(26)25-19-16-6-4-3-5-14(16)11-17(19)24-21(28)20(27)23-12-13-7-9-15(22)10-8-13/h2-10,17,19H,1,11-12H2,(H,23,27)(H,24,28)(H,25,26)/t17-,19-/m1/s1. The Hall–Kier alpha value is -3.48. The number of carbonyl (C=O) groups is 3. The van der Waals surface area contributed by atoms with Crippen molar-refractivity contribution in [1.82, 2.24) is 16.0 Å². The van der Waals surface area contributed by atoms with Gasteiger partial charge in [0.05, 0.1) is 12.1 Å². The molecule has 0 unspecified atom stereocenters. The number of hydrogen-bond acceptors (Lipinski definition) is 3. The van der Waals surface area contributed by atoms with Gasteiger partial charge in [-0.15, -0.1) is 0 Å². The molecular formula is C21H20FN3O3. The van der Waals surface area contributed by atoms with E-state index < -0.39 is 23.9 Å². The highest BCUT2D eigenvalue weighted by molar-refractivity contribution is 6.35. The predicted octanol–water partition coefficient (Wildman–Crippen LogP) is 1.53. The van der Waals surface area contributed by atoms with E-state index in [9.17, 15) is 18.8 Å². The normalized spacial score (nSPS) is 17.3. The van der Waals surface area contributed by atoms with E-state index in [1.807, 2.05) is 24.3 Å². The molecule has 0 bridgehead atoms. The summed E-state index contributed by atoms with van der Waals surface area (Å²) < 4.78 is 12.9. The fourth-order valence-electron chi connectivity index (χ4n) is 3.22. The molecule has 0 aromatic heterocycles. The highest BCUT2D eigenvalue weighted by Gasteiger charge is 2.35. The molecule has 0 saturated heterocycles. The van der Waals surface area contributed by atoms with Gasteiger partial charge < -0.3 is 16.0 Å². The van der Waals surface area contributed by atoms with E-state index in [2.05, 4.69) is 22.5 Å². The minimum absolute atomic E-state index is 0.105. The number of fused-ring (bicyclic) bond motifs is 1. The van der Waals surface area contributed by atoms with Crippen molar-refractivity contribution in [2.24, 2.45) is 0 Å². The number of benzene rings is 2. The van der Waals surface area contributed by atoms with Gasteiger partial charge in [0.2, 0.25) is 5.91 Å². The molecule has 6 nitrogen and oxygen atoms in total. The second kappa shape index (κ2) is 8.47. The van der Waals surface area contributed by atoms with Gasteiger partial charge in [0, 0.05) is 6.54 Å². The molecule has 0 aliphatic heterocycles. The number of carbonyl (C=O) groups excluding carboxylic acids is 3. The Labute approximate surface area is 161 Å². The third-order valence-electron chi connectivity index (χ3n) is 4.60. The van der Waals surface area contributed by atoms with Crippen LogP contribution in [0.3, 0.4) is 0 Å². The van der Waals surface area contributed by atoms with E-state index in [1.54, 1.807) is 0 Å². The highest BCUT2D eigenvalue weighted by Crippen LogP contribution is 2.31. The van der Waals surface area contributed by atoms with Gasteiger partial charge in [-0.25, -0.2) is 4.39 Å². The number of hydrogen-bond donors (Lipinski definition) is 3. The molecule has 3 amide bonds. The number of nitrogens with one attached hydrogen (secondary N) is 3. The van der Waals surface area contributed by atoms with E-state index in [0.29, 0.717) is 12.0 Å². The van der Waals surface area contributed by atoms with Crippen LogP contribution < -0.4 is 16.0 Å². The Morgan fingerprint density at radius 3 is 2.46 bits per heavy atom. The van der Waals surface area contributed by atoms with Crippen LogP contribution in [0.15, 0.2) is 61.2 Å². The molecule has 0 saturated carbocycles. The summed E-state index contributed by atoms with van der Waals surface area (Å²) in [7, 11) is 0. The summed E-state index contributed by atoms with van der Waals surface area (Å²) in [6.45, 7) is 3.55. The Morgan fingerprint density at radius 1 is 1.04 bits per heavy atom. The van der Waals surface area contributed by atoms with Crippen LogP contribution in [-0.4, -0.2) is 23.8 Å². The third kappa shape index (κ3) is 4.43. The van der Waals surface area contributed by atoms with Crippen molar-refractivity contribution in [1.29, 1.82) is 0 Å². The average Bonchev–Trinajstić information content (AvgIpc) is 3.04. The van der Waals surface area contributed by atoms with Crippen LogP contribution in [0.4, 0.5) is 4.39 Å². The van der Waals surface area contributed by atoms with Crippen LogP contribution in [0.5, 0.6) is 0 Å². The molecular weight excluding hydrogens is 361 g/mol.